The largest absolute Gasteiger partial charge is 0.348 e. The second-order valence-electron chi connectivity index (χ2n) is 5.18. The fraction of sp³-hybridized carbons (Fsp3) is 0.400. The lowest BCUT2D eigenvalue weighted by Crippen LogP contribution is -2.46. The number of aromatic amines is 1. The highest BCUT2D eigenvalue weighted by molar-refractivity contribution is 5.20. The van der Waals surface area contributed by atoms with Crippen molar-refractivity contribution >= 4 is 0 Å². The van der Waals surface area contributed by atoms with Crippen molar-refractivity contribution < 1.29 is 0 Å². The van der Waals surface area contributed by atoms with Crippen molar-refractivity contribution in [2.24, 2.45) is 0 Å². The van der Waals surface area contributed by atoms with Crippen molar-refractivity contribution in [2.45, 2.75) is 12.6 Å². The molecule has 4 heteroatoms. The zero-order valence-corrected chi connectivity index (χ0v) is 11.3. The maximum Gasteiger partial charge on any atom is 0.120 e. The lowest BCUT2D eigenvalue weighted by molar-refractivity contribution is 0.0888. The van der Waals surface area contributed by atoms with E-state index in [9.17, 15) is 0 Å². The topological polar surface area (TPSA) is 35.2 Å². The van der Waals surface area contributed by atoms with Gasteiger partial charge in [0.1, 0.15) is 5.82 Å². The average Bonchev–Trinajstić information content (AvgIpc) is 2.95. The van der Waals surface area contributed by atoms with E-state index in [1.54, 1.807) is 0 Å². The lowest BCUT2D eigenvalue weighted by Gasteiger charge is -2.39. The molecular weight excluding hydrogens is 236 g/mol. The molecule has 0 unspecified atom stereocenters. The first-order chi connectivity index (χ1) is 9.33. The van der Waals surface area contributed by atoms with Gasteiger partial charge in [0.25, 0.3) is 0 Å². The average molecular weight is 256 g/mol. The predicted octanol–water partition coefficient (Wildman–Crippen LogP) is 1.90. The van der Waals surface area contributed by atoms with Gasteiger partial charge >= 0.3 is 0 Å². The summed E-state index contributed by atoms with van der Waals surface area (Å²) in [6.45, 7) is 4.16. The molecule has 1 aliphatic rings. The number of nitrogens with one attached hydrogen (secondary N) is 1. The molecule has 0 spiro atoms. The maximum absolute atomic E-state index is 4.32. The molecule has 4 nitrogen and oxygen atoms in total. The lowest BCUT2D eigenvalue weighted by atomic mass is 10.0. The molecule has 0 bridgehead atoms. The quantitative estimate of drug-likeness (QED) is 0.911. The normalized spacial score (nSPS) is 21.6. The van der Waals surface area contributed by atoms with E-state index < -0.39 is 0 Å². The molecule has 1 aliphatic heterocycles. The van der Waals surface area contributed by atoms with Gasteiger partial charge in [-0.2, -0.15) is 0 Å². The van der Waals surface area contributed by atoms with Crippen LogP contribution in [0.25, 0.3) is 0 Å². The molecule has 2 aromatic rings. The molecule has 0 amide bonds. The summed E-state index contributed by atoms with van der Waals surface area (Å²) in [7, 11) is 2.21. The number of benzene rings is 1. The Labute approximate surface area is 114 Å². The molecule has 19 heavy (non-hydrogen) atoms. The van der Waals surface area contributed by atoms with E-state index >= 15 is 0 Å². The molecule has 1 saturated heterocycles. The van der Waals surface area contributed by atoms with E-state index in [0.29, 0.717) is 6.04 Å². The molecule has 1 N–H and O–H groups in total. The van der Waals surface area contributed by atoms with E-state index in [0.717, 1.165) is 32.0 Å². The van der Waals surface area contributed by atoms with Gasteiger partial charge in [0.2, 0.25) is 0 Å². The van der Waals surface area contributed by atoms with Crippen LogP contribution in [0.15, 0.2) is 42.7 Å². The molecule has 2 heterocycles. The Morgan fingerprint density at radius 2 is 2.11 bits per heavy atom. The first-order valence-corrected chi connectivity index (χ1v) is 6.79. The molecule has 0 aliphatic carbocycles. The third kappa shape index (κ3) is 2.85. The number of hydrogen-bond acceptors (Lipinski definition) is 3. The zero-order valence-electron chi connectivity index (χ0n) is 11.3. The number of imidazole rings is 1. The van der Waals surface area contributed by atoms with Crippen LogP contribution >= 0.6 is 0 Å². The molecule has 1 fully saturated rings. The summed E-state index contributed by atoms with van der Waals surface area (Å²) < 4.78 is 0. The van der Waals surface area contributed by atoms with Crippen LogP contribution < -0.4 is 0 Å². The van der Waals surface area contributed by atoms with Crippen LogP contribution in [-0.2, 0) is 6.54 Å². The number of aromatic nitrogens is 2. The smallest absolute Gasteiger partial charge is 0.120 e. The summed E-state index contributed by atoms with van der Waals surface area (Å²) >= 11 is 0. The molecule has 100 valence electrons. The van der Waals surface area contributed by atoms with Gasteiger partial charge in [0, 0.05) is 38.1 Å². The monoisotopic (exact) mass is 256 g/mol. The molecule has 1 atom stereocenters. The number of piperazine rings is 1. The molecular formula is C15H20N4. The third-order valence-corrected chi connectivity index (χ3v) is 3.84. The number of hydrogen-bond donors (Lipinski definition) is 1. The van der Waals surface area contributed by atoms with Gasteiger partial charge in [-0.25, -0.2) is 4.98 Å². The van der Waals surface area contributed by atoms with Crippen LogP contribution in [0.3, 0.4) is 0 Å². The Bertz CT molecular complexity index is 494. The Hall–Kier alpha value is -1.65. The minimum absolute atomic E-state index is 0.477. The molecule has 0 radical (unpaired) electrons. The van der Waals surface area contributed by atoms with Crippen LogP contribution in [0.1, 0.15) is 17.4 Å². The summed E-state index contributed by atoms with van der Waals surface area (Å²) in [6, 6.07) is 11.2. The van der Waals surface area contributed by atoms with Gasteiger partial charge in [-0.15, -0.1) is 0 Å². The number of nitrogens with zero attached hydrogens (tertiary/aromatic N) is 3. The van der Waals surface area contributed by atoms with Crippen LogP contribution in [0.2, 0.25) is 0 Å². The van der Waals surface area contributed by atoms with Gasteiger partial charge in [-0.3, -0.25) is 9.80 Å². The van der Waals surface area contributed by atoms with Gasteiger partial charge in [0.15, 0.2) is 0 Å². The highest BCUT2D eigenvalue weighted by Crippen LogP contribution is 2.24. The fourth-order valence-corrected chi connectivity index (χ4v) is 2.71. The second kappa shape index (κ2) is 5.55. The summed E-state index contributed by atoms with van der Waals surface area (Å²) in [6.07, 6.45) is 3.71. The predicted molar refractivity (Wildman–Crippen MR) is 75.7 cm³/mol. The Morgan fingerprint density at radius 1 is 1.26 bits per heavy atom. The van der Waals surface area contributed by atoms with Crippen LogP contribution in [0, 0.1) is 0 Å². The van der Waals surface area contributed by atoms with Gasteiger partial charge in [-0.1, -0.05) is 30.3 Å². The summed E-state index contributed by atoms with van der Waals surface area (Å²) in [5.41, 5.74) is 1.40. The van der Waals surface area contributed by atoms with Crippen molar-refractivity contribution in [3.05, 3.63) is 54.1 Å². The minimum Gasteiger partial charge on any atom is -0.348 e. The molecule has 3 rings (SSSR count). The van der Waals surface area contributed by atoms with E-state index in [1.807, 2.05) is 12.4 Å². The summed E-state index contributed by atoms with van der Waals surface area (Å²) in [5.74, 6) is 1.05. The van der Waals surface area contributed by atoms with Gasteiger partial charge in [-0.05, 0) is 12.6 Å². The molecule has 0 saturated carbocycles. The fourth-order valence-electron chi connectivity index (χ4n) is 2.71. The second-order valence-corrected chi connectivity index (χ2v) is 5.18. The number of rotatable bonds is 3. The highest BCUT2D eigenvalue weighted by atomic mass is 15.3. The van der Waals surface area contributed by atoms with Gasteiger partial charge < -0.3 is 4.98 Å². The maximum atomic E-state index is 4.32. The van der Waals surface area contributed by atoms with Crippen molar-refractivity contribution in [3.63, 3.8) is 0 Å². The van der Waals surface area contributed by atoms with E-state index in [4.69, 9.17) is 0 Å². The standard InChI is InChI=1S/C15H20N4/c1-18-9-10-19(12-15-16-7-8-17-15)11-14(18)13-5-3-2-4-6-13/h2-8,14H,9-12H2,1H3,(H,16,17)/t14-/m1/s1. The third-order valence-electron chi connectivity index (χ3n) is 3.84. The van der Waals surface area contributed by atoms with Crippen molar-refractivity contribution in [1.29, 1.82) is 0 Å². The van der Waals surface area contributed by atoms with Crippen molar-refractivity contribution in [3.8, 4) is 0 Å². The van der Waals surface area contributed by atoms with Crippen LogP contribution in [-0.4, -0.2) is 46.4 Å². The molecule has 1 aromatic heterocycles. The summed E-state index contributed by atoms with van der Waals surface area (Å²) in [4.78, 5) is 12.4. The Balaban J connectivity index is 1.70. The first kappa shape index (κ1) is 12.4. The van der Waals surface area contributed by atoms with Crippen LogP contribution in [0.5, 0.6) is 0 Å². The Kier molecular flexibility index (Phi) is 3.62. The summed E-state index contributed by atoms with van der Waals surface area (Å²) in [5, 5.41) is 0. The SMILES string of the molecule is CN1CCN(Cc2ncc[nH]2)C[C@@H]1c1ccccc1. The zero-order chi connectivity index (χ0) is 13.1. The van der Waals surface area contributed by atoms with E-state index in [1.165, 1.54) is 5.56 Å². The number of likely N-dealkylation sites (N-methyl/N-ethyl adjacent to an activating group) is 1. The van der Waals surface area contributed by atoms with Crippen molar-refractivity contribution in [1.82, 2.24) is 19.8 Å². The van der Waals surface area contributed by atoms with Crippen molar-refractivity contribution in [2.75, 3.05) is 26.7 Å². The van der Waals surface area contributed by atoms with E-state index in [2.05, 4.69) is 57.1 Å². The van der Waals surface area contributed by atoms with Gasteiger partial charge in [0.05, 0.1) is 6.54 Å². The first-order valence-electron chi connectivity index (χ1n) is 6.79. The Morgan fingerprint density at radius 3 is 2.84 bits per heavy atom. The molecule has 1 aromatic carbocycles. The van der Waals surface area contributed by atoms with Crippen LogP contribution in [0.4, 0.5) is 0 Å². The minimum atomic E-state index is 0.477. The highest BCUT2D eigenvalue weighted by Gasteiger charge is 2.25. The number of H-pyrrole nitrogens is 1. The van der Waals surface area contributed by atoms with E-state index in [-0.39, 0.29) is 0 Å².